The number of carbonyl (C=O) groups is 1. The maximum absolute atomic E-state index is 11.8. The summed E-state index contributed by atoms with van der Waals surface area (Å²) in [5.41, 5.74) is 8.89. The topological polar surface area (TPSA) is 58.4 Å². The van der Waals surface area contributed by atoms with E-state index in [1.165, 1.54) is 0 Å². The first-order valence-electron chi connectivity index (χ1n) is 6.61. The zero-order valence-corrected chi connectivity index (χ0v) is 11.8. The van der Waals surface area contributed by atoms with E-state index in [0.717, 1.165) is 17.9 Å². The Morgan fingerprint density at radius 2 is 1.85 bits per heavy atom. The smallest absolute Gasteiger partial charge is 0.253 e. The molecule has 0 aliphatic heterocycles. The molecule has 20 heavy (non-hydrogen) atoms. The number of para-hydroxylation sites is 1. The van der Waals surface area contributed by atoms with E-state index >= 15 is 0 Å². The molecule has 0 aromatic heterocycles. The van der Waals surface area contributed by atoms with Gasteiger partial charge in [-0.15, -0.1) is 0 Å². The highest BCUT2D eigenvalue weighted by Crippen LogP contribution is 2.27. The summed E-state index contributed by atoms with van der Waals surface area (Å²) < 4.78 is 0. The summed E-state index contributed by atoms with van der Waals surface area (Å²) in [6.45, 7) is 2.88. The van der Waals surface area contributed by atoms with Gasteiger partial charge >= 0.3 is 0 Å². The van der Waals surface area contributed by atoms with Crippen LogP contribution in [0.2, 0.25) is 0 Å². The third-order valence-corrected chi connectivity index (χ3v) is 3.20. The molecule has 1 amide bonds. The number of carbonyl (C=O) groups excluding carboxylic acids is 1. The van der Waals surface area contributed by atoms with E-state index in [-0.39, 0.29) is 5.91 Å². The summed E-state index contributed by atoms with van der Waals surface area (Å²) in [6, 6.07) is 15.6. The molecule has 3 N–H and O–H groups in total. The minimum Gasteiger partial charge on any atom is -0.398 e. The zero-order valence-electron chi connectivity index (χ0n) is 11.8. The van der Waals surface area contributed by atoms with Crippen molar-refractivity contribution < 1.29 is 4.79 Å². The predicted octanol–water partition coefficient (Wildman–Crippen LogP) is 2.79. The second-order valence-electron chi connectivity index (χ2n) is 4.43. The van der Waals surface area contributed by atoms with Gasteiger partial charge in [0.05, 0.1) is 5.56 Å². The summed E-state index contributed by atoms with van der Waals surface area (Å²) >= 11 is 0. The maximum atomic E-state index is 11.8. The molecule has 0 unspecified atom stereocenters. The van der Waals surface area contributed by atoms with E-state index in [0.29, 0.717) is 11.3 Å². The lowest BCUT2D eigenvalue weighted by Crippen LogP contribution is -2.21. The minimum absolute atomic E-state index is 0.173. The van der Waals surface area contributed by atoms with Crippen LogP contribution in [0.1, 0.15) is 17.3 Å². The van der Waals surface area contributed by atoms with Gasteiger partial charge in [0.1, 0.15) is 0 Å². The van der Waals surface area contributed by atoms with Crippen molar-refractivity contribution in [1.29, 1.82) is 0 Å². The van der Waals surface area contributed by atoms with E-state index in [1.54, 1.807) is 13.1 Å². The largest absolute Gasteiger partial charge is 0.398 e. The van der Waals surface area contributed by atoms with E-state index in [4.69, 9.17) is 5.73 Å². The third kappa shape index (κ3) is 2.74. The average molecular weight is 269 g/mol. The molecule has 0 saturated carbocycles. The normalized spacial score (nSPS) is 10.1. The summed E-state index contributed by atoms with van der Waals surface area (Å²) in [4.78, 5) is 14.0. The van der Waals surface area contributed by atoms with E-state index in [2.05, 4.69) is 17.1 Å². The van der Waals surface area contributed by atoms with Crippen LogP contribution in [0.15, 0.2) is 48.5 Å². The van der Waals surface area contributed by atoms with Crippen molar-refractivity contribution in [3.63, 3.8) is 0 Å². The van der Waals surface area contributed by atoms with Gasteiger partial charge in [-0.1, -0.05) is 18.2 Å². The number of benzene rings is 2. The molecule has 104 valence electrons. The van der Waals surface area contributed by atoms with Gasteiger partial charge in [-0.3, -0.25) is 4.79 Å². The molecular formula is C16H19N3O. The molecule has 0 aliphatic rings. The van der Waals surface area contributed by atoms with Crippen LogP contribution in [0.4, 0.5) is 17.1 Å². The molecule has 0 heterocycles. The van der Waals surface area contributed by atoms with E-state index in [1.807, 2.05) is 42.5 Å². The van der Waals surface area contributed by atoms with Crippen LogP contribution < -0.4 is 16.0 Å². The summed E-state index contributed by atoms with van der Waals surface area (Å²) in [5, 5.41) is 2.61. The van der Waals surface area contributed by atoms with Gasteiger partial charge in [0, 0.05) is 30.7 Å². The number of rotatable bonds is 4. The fraction of sp³-hybridized carbons (Fsp3) is 0.188. The standard InChI is InChI=1S/C16H19N3O/c1-3-19(12-7-5-4-6-8-12)13-9-10-15(17)14(11-13)16(20)18-2/h4-11H,3,17H2,1-2H3,(H,18,20). The summed E-state index contributed by atoms with van der Waals surface area (Å²) in [5.74, 6) is -0.173. The first-order chi connectivity index (χ1) is 9.67. The molecule has 0 saturated heterocycles. The Morgan fingerprint density at radius 1 is 1.15 bits per heavy atom. The molecule has 0 aliphatic carbocycles. The summed E-state index contributed by atoms with van der Waals surface area (Å²) in [7, 11) is 1.60. The number of nitrogen functional groups attached to an aromatic ring is 1. The van der Waals surface area contributed by atoms with Crippen LogP contribution in [0.5, 0.6) is 0 Å². The number of hydrogen-bond donors (Lipinski definition) is 2. The van der Waals surface area contributed by atoms with Crippen LogP contribution in [-0.2, 0) is 0 Å². The second kappa shape index (κ2) is 6.10. The zero-order chi connectivity index (χ0) is 14.5. The van der Waals surface area contributed by atoms with Crippen molar-refractivity contribution in [2.24, 2.45) is 0 Å². The van der Waals surface area contributed by atoms with Crippen molar-refractivity contribution >= 4 is 23.0 Å². The Balaban J connectivity index is 2.43. The van der Waals surface area contributed by atoms with Crippen molar-refractivity contribution in [1.82, 2.24) is 5.32 Å². The molecule has 2 rings (SSSR count). The van der Waals surface area contributed by atoms with Crippen LogP contribution in [0, 0.1) is 0 Å². The summed E-state index contributed by atoms with van der Waals surface area (Å²) in [6.07, 6.45) is 0. The highest BCUT2D eigenvalue weighted by Gasteiger charge is 2.12. The van der Waals surface area contributed by atoms with Gasteiger partial charge in [0.15, 0.2) is 0 Å². The predicted molar refractivity (Wildman–Crippen MR) is 83.4 cm³/mol. The molecule has 0 bridgehead atoms. The lowest BCUT2D eigenvalue weighted by molar-refractivity contribution is 0.0964. The SMILES string of the molecule is CCN(c1ccccc1)c1ccc(N)c(C(=O)NC)c1. The Kier molecular flexibility index (Phi) is 4.25. The molecule has 4 heteroatoms. The monoisotopic (exact) mass is 269 g/mol. The van der Waals surface area contributed by atoms with Crippen molar-refractivity contribution in [3.05, 3.63) is 54.1 Å². The van der Waals surface area contributed by atoms with Crippen molar-refractivity contribution in [3.8, 4) is 0 Å². The van der Waals surface area contributed by atoms with E-state index < -0.39 is 0 Å². The van der Waals surface area contributed by atoms with Gasteiger partial charge < -0.3 is 16.0 Å². The van der Waals surface area contributed by atoms with Gasteiger partial charge in [-0.2, -0.15) is 0 Å². The van der Waals surface area contributed by atoms with Gasteiger partial charge in [0.2, 0.25) is 0 Å². The molecule has 0 radical (unpaired) electrons. The number of nitrogens with one attached hydrogen (secondary N) is 1. The fourth-order valence-electron chi connectivity index (χ4n) is 2.17. The van der Waals surface area contributed by atoms with Crippen LogP contribution >= 0.6 is 0 Å². The highest BCUT2D eigenvalue weighted by atomic mass is 16.1. The number of amides is 1. The first kappa shape index (κ1) is 13.9. The minimum atomic E-state index is -0.173. The first-order valence-corrected chi connectivity index (χ1v) is 6.61. The Labute approximate surface area is 119 Å². The molecule has 2 aromatic rings. The Bertz CT molecular complexity index is 596. The maximum Gasteiger partial charge on any atom is 0.253 e. The number of nitrogens with two attached hydrogens (primary N) is 1. The third-order valence-electron chi connectivity index (χ3n) is 3.20. The van der Waals surface area contributed by atoms with Gasteiger partial charge in [-0.05, 0) is 37.3 Å². The number of hydrogen-bond acceptors (Lipinski definition) is 3. The van der Waals surface area contributed by atoms with Crippen LogP contribution in [0.25, 0.3) is 0 Å². The molecule has 0 fully saturated rings. The highest BCUT2D eigenvalue weighted by molar-refractivity contribution is 6.00. The van der Waals surface area contributed by atoms with Crippen LogP contribution in [0.3, 0.4) is 0 Å². The number of anilines is 3. The molecule has 4 nitrogen and oxygen atoms in total. The molecule has 2 aromatic carbocycles. The molecule has 0 atom stereocenters. The number of nitrogens with zero attached hydrogens (tertiary/aromatic N) is 1. The van der Waals surface area contributed by atoms with Crippen molar-refractivity contribution in [2.75, 3.05) is 24.2 Å². The second-order valence-corrected chi connectivity index (χ2v) is 4.43. The fourth-order valence-corrected chi connectivity index (χ4v) is 2.17. The Hall–Kier alpha value is -2.49. The lowest BCUT2D eigenvalue weighted by atomic mass is 10.1. The quantitative estimate of drug-likeness (QED) is 0.839. The van der Waals surface area contributed by atoms with Crippen LogP contribution in [-0.4, -0.2) is 19.5 Å². The lowest BCUT2D eigenvalue weighted by Gasteiger charge is -2.24. The molecule has 0 spiro atoms. The molecular weight excluding hydrogens is 250 g/mol. The van der Waals surface area contributed by atoms with E-state index in [9.17, 15) is 4.79 Å². The van der Waals surface area contributed by atoms with Gasteiger partial charge in [0.25, 0.3) is 5.91 Å². The van der Waals surface area contributed by atoms with Gasteiger partial charge in [-0.25, -0.2) is 0 Å². The Morgan fingerprint density at radius 3 is 2.45 bits per heavy atom. The average Bonchev–Trinajstić information content (AvgIpc) is 2.50. The van der Waals surface area contributed by atoms with Crippen molar-refractivity contribution in [2.45, 2.75) is 6.92 Å².